The third-order valence-electron chi connectivity index (χ3n) is 5.53. The monoisotopic (exact) mass is 236 g/mol. The number of nitrogens with zero attached hydrogens (tertiary/aromatic N) is 1. The van der Waals surface area contributed by atoms with E-state index >= 15 is 0 Å². The van der Waals surface area contributed by atoms with Crippen LogP contribution in [0.5, 0.6) is 0 Å². The minimum Gasteiger partial charge on any atom is -0.317 e. The molecule has 4 atom stereocenters. The smallest absolute Gasteiger partial charge is 0.0116 e. The lowest BCUT2D eigenvalue weighted by molar-refractivity contribution is -0.00867. The molecule has 2 heterocycles. The third-order valence-corrected chi connectivity index (χ3v) is 5.53. The van der Waals surface area contributed by atoms with E-state index in [1.165, 1.54) is 51.4 Å². The lowest BCUT2D eigenvalue weighted by atomic mass is 9.80. The van der Waals surface area contributed by atoms with E-state index in [0.29, 0.717) is 0 Å². The Kier molecular flexibility index (Phi) is 3.45. The molecule has 2 bridgehead atoms. The van der Waals surface area contributed by atoms with Gasteiger partial charge >= 0.3 is 0 Å². The molecule has 0 amide bonds. The highest BCUT2D eigenvalue weighted by Crippen LogP contribution is 2.40. The molecule has 0 aromatic carbocycles. The predicted molar refractivity (Wildman–Crippen MR) is 72.2 cm³/mol. The molecule has 0 aromatic rings. The minimum atomic E-state index is 0.792. The van der Waals surface area contributed by atoms with Gasteiger partial charge in [-0.05, 0) is 57.9 Å². The van der Waals surface area contributed by atoms with Crippen molar-refractivity contribution in [3.8, 4) is 0 Å². The molecule has 2 heteroatoms. The average Bonchev–Trinajstić information content (AvgIpc) is 2.74. The van der Waals surface area contributed by atoms with E-state index in [0.717, 1.165) is 30.1 Å². The second-order valence-corrected chi connectivity index (χ2v) is 6.71. The van der Waals surface area contributed by atoms with Gasteiger partial charge in [0.2, 0.25) is 0 Å². The molecular weight excluding hydrogens is 208 g/mol. The van der Waals surface area contributed by atoms with E-state index in [1.54, 1.807) is 0 Å². The summed E-state index contributed by atoms with van der Waals surface area (Å²) in [6.07, 6.45) is 11.6. The van der Waals surface area contributed by atoms with Crippen LogP contribution in [0.4, 0.5) is 0 Å². The zero-order chi connectivity index (χ0) is 11.8. The third kappa shape index (κ3) is 2.26. The Morgan fingerprint density at radius 3 is 2.06 bits per heavy atom. The van der Waals surface area contributed by atoms with Gasteiger partial charge in [0.05, 0.1) is 0 Å². The van der Waals surface area contributed by atoms with Crippen LogP contribution in [0.1, 0.15) is 58.3 Å². The first-order chi connectivity index (χ1) is 8.28. The van der Waals surface area contributed by atoms with Crippen LogP contribution in [0.25, 0.3) is 0 Å². The summed E-state index contributed by atoms with van der Waals surface area (Å²) >= 11 is 0. The van der Waals surface area contributed by atoms with E-state index in [9.17, 15) is 0 Å². The van der Waals surface area contributed by atoms with Crippen molar-refractivity contribution in [1.82, 2.24) is 10.2 Å². The van der Waals surface area contributed by atoms with Crippen LogP contribution < -0.4 is 5.32 Å². The summed E-state index contributed by atoms with van der Waals surface area (Å²) in [4.78, 5) is 2.96. The van der Waals surface area contributed by atoms with Gasteiger partial charge in [-0.2, -0.15) is 0 Å². The van der Waals surface area contributed by atoms with E-state index < -0.39 is 0 Å². The first kappa shape index (κ1) is 12.0. The first-order valence-electron chi connectivity index (χ1n) is 7.72. The molecule has 4 unspecified atom stereocenters. The molecule has 3 rings (SSSR count). The zero-order valence-electron chi connectivity index (χ0n) is 11.5. The second-order valence-electron chi connectivity index (χ2n) is 6.71. The highest BCUT2D eigenvalue weighted by atomic mass is 15.2. The molecule has 3 aliphatic rings. The Hall–Kier alpha value is -0.0800. The molecule has 1 saturated carbocycles. The van der Waals surface area contributed by atoms with E-state index in [4.69, 9.17) is 0 Å². The summed E-state index contributed by atoms with van der Waals surface area (Å²) in [6, 6.07) is 3.52. The fourth-order valence-corrected chi connectivity index (χ4v) is 4.70. The Morgan fingerprint density at radius 2 is 1.53 bits per heavy atom. The standard InChI is InChI=1S/C15H28N2/c1-11-6-7-15(8-11)17-13-4-3-5-14(17)10-12(9-13)16-2/h11-16H,3-10H2,1-2H3. The van der Waals surface area contributed by atoms with Crippen LogP contribution in [0.2, 0.25) is 0 Å². The Labute approximate surface area is 106 Å². The normalized spacial score (nSPS) is 47.3. The topological polar surface area (TPSA) is 15.3 Å². The average molecular weight is 236 g/mol. The van der Waals surface area contributed by atoms with Gasteiger partial charge < -0.3 is 5.32 Å². The Morgan fingerprint density at radius 1 is 0.882 bits per heavy atom. The fraction of sp³-hybridized carbons (Fsp3) is 1.00. The Balaban J connectivity index is 1.71. The summed E-state index contributed by atoms with van der Waals surface area (Å²) in [7, 11) is 2.15. The molecule has 2 nitrogen and oxygen atoms in total. The highest BCUT2D eigenvalue weighted by molar-refractivity contribution is 4.98. The SMILES string of the molecule is CNC1CC2CCCC(C1)N2C1CCC(C)C1. The van der Waals surface area contributed by atoms with Gasteiger partial charge in [-0.1, -0.05) is 13.3 Å². The number of nitrogens with one attached hydrogen (secondary N) is 1. The lowest BCUT2D eigenvalue weighted by Crippen LogP contribution is -2.58. The summed E-state index contributed by atoms with van der Waals surface area (Å²) < 4.78 is 0. The van der Waals surface area contributed by atoms with Gasteiger partial charge in [0, 0.05) is 24.2 Å². The van der Waals surface area contributed by atoms with Crippen LogP contribution in [-0.2, 0) is 0 Å². The molecule has 0 spiro atoms. The van der Waals surface area contributed by atoms with Crippen LogP contribution in [0, 0.1) is 5.92 Å². The van der Waals surface area contributed by atoms with Crippen molar-refractivity contribution in [2.24, 2.45) is 5.92 Å². The predicted octanol–water partition coefficient (Wildman–Crippen LogP) is 2.78. The molecular formula is C15H28N2. The van der Waals surface area contributed by atoms with Crippen molar-refractivity contribution in [2.45, 2.75) is 82.5 Å². The van der Waals surface area contributed by atoms with Gasteiger partial charge in [0.25, 0.3) is 0 Å². The maximum absolute atomic E-state index is 3.53. The highest BCUT2D eigenvalue weighted by Gasteiger charge is 2.42. The zero-order valence-corrected chi connectivity index (χ0v) is 11.5. The maximum atomic E-state index is 3.53. The van der Waals surface area contributed by atoms with Crippen molar-refractivity contribution in [2.75, 3.05) is 7.05 Å². The van der Waals surface area contributed by atoms with Crippen LogP contribution in [-0.4, -0.2) is 36.1 Å². The van der Waals surface area contributed by atoms with Gasteiger partial charge in [-0.3, -0.25) is 4.90 Å². The van der Waals surface area contributed by atoms with Crippen molar-refractivity contribution in [3.63, 3.8) is 0 Å². The van der Waals surface area contributed by atoms with Gasteiger partial charge in [0.1, 0.15) is 0 Å². The van der Waals surface area contributed by atoms with Gasteiger partial charge in [-0.15, -0.1) is 0 Å². The number of hydrogen-bond donors (Lipinski definition) is 1. The maximum Gasteiger partial charge on any atom is 0.0116 e. The molecule has 2 aliphatic heterocycles. The van der Waals surface area contributed by atoms with Crippen molar-refractivity contribution in [1.29, 1.82) is 0 Å². The largest absolute Gasteiger partial charge is 0.317 e. The molecule has 3 fully saturated rings. The molecule has 0 aromatic heterocycles. The molecule has 1 N–H and O–H groups in total. The fourth-order valence-electron chi connectivity index (χ4n) is 4.70. The molecule has 98 valence electrons. The number of fused-ring (bicyclic) bond motifs is 2. The first-order valence-corrected chi connectivity index (χ1v) is 7.72. The Bertz CT molecular complexity index is 252. The van der Waals surface area contributed by atoms with Crippen LogP contribution in [0.3, 0.4) is 0 Å². The lowest BCUT2D eigenvalue weighted by Gasteiger charge is -2.51. The van der Waals surface area contributed by atoms with Crippen molar-refractivity contribution in [3.05, 3.63) is 0 Å². The molecule has 0 radical (unpaired) electrons. The summed E-state index contributed by atoms with van der Waals surface area (Å²) in [5, 5.41) is 3.53. The summed E-state index contributed by atoms with van der Waals surface area (Å²) in [5.74, 6) is 0.975. The van der Waals surface area contributed by atoms with Crippen LogP contribution in [0.15, 0.2) is 0 Å². The minimum absolute atomic E-state index is 0.792. The molecule has 2 saturated heterocycles. The van der Waals surface area contributed by atoms with Crippen LogP contribution >= 0.6 is 0 Å². The summed E-state index contributed by atoms with van der Waals surface area (Å²) in [5.41, 5.74) is 0. The number of rotatable bonds is 2. The van der Waals surface area contributed by atoms with E-state index in [2.05, 4.69) is 24.2 Å². The number of piperidine rings is 2. The van der Waals surface area contributed by atoms with Crippen molar-refractivity contribution < 1.29 is 0 Å². The van der Waals surface area contributed by atoms with E-state index in [-0.39, 0.29) is 0 Å². The second kappa shape index (κ2) is 4.89. The number of hydrogen-bond acceptors (Lipinski definition) is 2. The quantitative estimate of drug-likeness (QED) is 0.793. The van der Waals surface area contributed by atoms with Gasteiger partial charge in [0.15, 0.2) is 0 Å². The van der Waals surface area contributed by atoms with Crippen molar-refractivity contribution >= 4 is 0 Å². The molecule has 17 heavy (non-hydrogen) atoms. The van der Waals surface area contributed by atoms with Gasteiger partial charge in [-0.25, -0.2) is 0 Å². The summed E-state index contributed by atoms with van der Waals surface area (Å²) in [6.45, 7) is 2.44. The molecule has 1 aliphatic carbocycles. The van der Waals surface area contributed by atoms with E-state index in [1.807, 2.05) is 0 Å².